The predicted molar refractivity (Wildman–Crippen MR) is 104 cm³/mol. The molecule has 0 saturated carbocycles. The fourth-order valence-corrected chi connectivity index (χ4v) is 3.42. The Morgan fingerprint density at radius 1 is 1.52 bits per heavy atom. The lowest BCUT2D eigenvalue weighted by atomic mass is 10.1. The lowest BCUT2D eigenvalue weighted by molar-refractivity contribution is -0.140. The van der Waals surface area contributed by atoms with Gasteiger partial charge in [0.1, 0.15) is 0 Å². The second-order valence-electron chi connectivity index (χ2n) is 5.61. The number of guanidine groups is 1. The van der Waals surface area contributed by atoms with Gasteiger partial charge in [0.05, 0.1) is 11.6 Å². The Morgan fingerprint density at radius 3 is 2.88 bits per heavy atom. The Labute approximate surface area is 167 Å². The molecule has 5 nitrogen and oxygen atoms in total. The van der Waals surface area contributed by atoms with Gasteiger partial charge >= 0.3 is 6.18 Å². The molecule has 144 valence electrons. The SMILES string of the molecule is CCOCC1CCN(C(=NC)NCCc2nc(C(F)(F)F)cs2)C1.I. The van der Waals surface area contributed by atoms with Crippen molar-refractivity contribution in [1.29, 1.82) is 0 Å². The van der Waals surface area contributed by atoms with E-state index in [0.717, 1.165) is 55.4 Å². The van der Waals surface area contributed by atoms with Crippen molar-refractivity contribution in [3.05, 3.63) is 16.1 Å². The summed E-state index contributed by atoms with van der Waals surface area (Å²) >= 11 is 1.04. The van der Waals surface area contributed by atoms with Crippen LogP contribution in [0.3, 0.4) is 0 Å². The first kappa shape index (κ1) is 22.4. The van der Waals surface area contributed by atoms with Crippen LogP contribution in [-0.4, -0.2) is 55.7 Å². The topological polar surface area (TPSA) is 49.8 Å². The second kappa shape index (κ2) is 10.5. The number of aliphatic imine (C=N–C) groups is 1. The Hall–Kier alpha value is -0.620. The third kappa shape index (κ3) is 6.89. The van der Waals surface area contributed by atoms with E-state index in [1.54, 1.807) is 7.05 Å². The van der Waals surface area contributed by atoms with Gasteiger partial charge in [-0.15, -0.1) is 35.3 Å². The van der Waals surface area contributed by atoms with E-state index in [1.807, 2.05) is 6.92 Å². The van der Waals surface area contributed by atoms with E-state index < -0.39 is 11.9 Å². The van der Waals surface area contributed by atoms with Gasteiger partial charge in [0.15, 0.2) is 11.7 Å². The number of rotatable bonds is 6. The third-order valence-electron chi connectivity index (χ3n) is 3.82. The number of halogens is 4. The molecule has 25 heavy (non-hydrogen) atoms. The van der Waals surface area contributed by atoms with Crippen LogP contribution >= 0.6 is 35.3 Å². The maximum Gasteiger partial charge on any atom is 0.434 e. The van der Waals surface area contributed by atoms with Crippen LogP contribution in [0.4, 0.5) is 13.2 Å². The molecule has 0 spiro atoms. The molecule has 2 heterocycles. The fourth-order valence-electron chi connectivity index (χ4n) is 2.62. The maximum absolute atomic E-state index is 12.5. The molecule has 0 amide bonds. The first-order chi connectivity index (χ1) is 11.4. The van der Waals surface area contributed by atoms with E-state index in [4.69, 9.17) is 4.74 Å². The third-order valence-corrected chi connectivity index (χ3v) is 4.73. The number of nitrogens with one attached hydrogen (secondary N) is 1. The first-order valence-electron chi connectivity index (χ1n) is 7.99. The summed E-state index contributed by atoms with van der Waals surface area (Å²) in [7, 11) is 1.71. The van der Waals surface area contributed by atoms with Crippen molar-refractivity contribution in [2.24, 2.45) is 10.9 Å². The molecular formula is C15H24F3IN4OS. The molecule has 10 heteroatoms. The standard InChI is InChI=1S/C15H23F3N4OS.HI/c1-3-23-9-11-5-7-22(8-11)14(19-2)20-6-4-13-21-12(10-24-13)15(16,17)18;/h10-11H,3-9H2,1-2H3,(H,19,20);1H. The van der Waals surface area contributed by atoms with E-state index >= 15 is 0 Å². The molecule has 1 atom stereocenters. The second-order valence-corrected chi connectivity index (χ2v) is 6.55. The van der Waals surface area contributed by atoms with Gasteiger partial charge in [0.2, 0.25) is 0 Å². The molecule has 0 aliphatic carbocycles. The zero-order valence-electron chi connectivity index (χ0n) is 14.3. The molecular weight excluding hydrogens is 468 g/mol. The van der Waals surface area contributed by atoms with Crippen LogP contribution < -0.4 is 5.32 Å². The Kier molecular flexibility index (Phi) is 9.43. The lowest BCUT2D eigenvalue weighted by Gasteiger charge is -2.21. The highest BCUT2D eigenvalue weighted by Crippen LogP contribution is 2.30. The smallest absolute Gasteiger partial charge is 0.381 e. The average Bonchev–Trinajstić information content (AvgIpc) is 3.18. The van der Waals surface area contributed by atoms with Crippen LogP contribution in [0.25, 0.3) is 0 Å². The summed E-state index contributed by atoms with van der Waals surface area (Å²) in [5, 5.41) is 4.74. The van der Waals surface area contributed by atoms with Crippen molar-refractivity contribution in [1.82, 2.24) is 15.2 Å². The summed E-state index contributed by atoms with van der Waals surface area (Å²) in [5.74, 6) is 1.28. The van der Waals surface area contributed by atoms with Crippen LogP contribution in [-0.2, 0) is 17.3 Å². The minimum absolute atomic E-state index is 0. The van der Waals surface area contributed by atoms with E-state index in [2.05, 4.69) is 20.2 Å². The summed E-state index contributed by atoms with van der Waals surface area (Å²) in [6.07, 6.45) is -2.87. The minimum Gasteiger partial charge on any atom is -0.381 e. The summed E-state index contributed by atoms with van der Waals surface area (Å²) in [6, 6.07) is 0. The van der Waals surface area contributed by atoms with Crippen LogP contribution in [0.5, 0.6) is 0 Å². The van der Waals surface area contributed by atoms with Crippen molar-refractivity contribution in [3.8, 4) is 0 Å². The van der Waals surface area contributed by atoms with Gasteiger partial charge < -0.3 is 15.0 Å². The summed E-state index contributed by atoms with van der Waals surface area (Å²) in [5.41, 5.74) is -0.815. The number of thiazole rings is 1. The van der Waals surface area contributed by atoms with E-state index in [1.165, 1.54) is 0 Å². The molecule has 1 saturated heterocycles. The Morgan fingerprint density at radius 2 is 2.28 bits per heavy atom. The fraction of sp³-hybridized carbons (Fsp3) is 0.733. The van der Waals surface area contributed by atoms with Gasteiger partial charge in [-0.25, -0.2) is 4.98 Å². The molecule has 1 aromatic rings. The molecule has 0 aromatic carbocycles. The van der Waals surface area contributed by atoms with Crippen molar-refractivity contribution < 1.29 is 17.9 Å². The Balaban J connectivity index is 0.00000312. The number of nitrogens with zero attached hydrogens (tertiary/aromatic N) is 3. The lowest BCUT2D eigenvalue weighted by Crippen LogP contribution is -2.41. The van der Waals surface area contributed by atoms with Gasteiger partial charge in [0, 0.05) is 51.0 Å². The number of aromatic nitrogens is 1. The highest BCUT2D eigenvalue weighted by molar-refractivity contribution is 14.0. The quantitative estimate of drug-likeness (QED) is 0.377. The van der Waals surface area contributed by atoms with Gasteiger partial charge in [0.25, 0.3) is 0 Å². The molecule has 1 N–H and O–H groups in total. The summed E-state index contributed by atoms with van der Waals surface area (Å²) in [6.45, 7) is 5.75. The summed E-state index contributed by atoms with van der Waals surface area (Å²) < 4.78 is 43.0. The summed E-state index contributed by atoms with van der Waals surface area (Å²) in [4.78, 5) is 10.0. The number of likely N-dealkylation sites (tertiary alicyclic amines) is 1. The maximum atomic E-state index is 12.5. The number of ether oxygens (including phenoxy) is 1. The molecule has 1 fully saturated rings. The molecule has 2 rings (SSSR count). The molecule has 0 radical (unpaired) electrons. The zero-order chi connectivity index (χ0) is 17.6. The Bertz CT molecular complexity index is 553. The van der Waals surface area contributed by atoms with Crippen LogP contribution in [0.15, 0.2) is 10.4 Å². The van der Waals surface area contributed by atoms with E-state index in [-0.39, 0.29) is 24.0 Å². The number of hydrogen-bond donors (Lipinski definition) is 1. The highest BCUT2D eigenvalue weighted by Gasteiger charge is 2.33. The van der Waals surface area contributed by atoms with E-state index in [0.29, 0.717) is 23.9 Å². The minimum atomic E-state index is -4.37. The van der Waals surface area contributed by atoms with Crippen LogP contribution in [0.1, 0.15) is 24.0 Å². The van der Waals surface area contributed by atoms with Gasteiger partial charge in [-0.05, 0) is 13.3 Å². The molecule has 1 aliphatic rings. The van der Waals surface area contributed by atoms with E-state index in [9.17, 15) is 13.2 Å². The van der Waals surface area contributed by atoms with Gasteiger partial charge in [-0.1, -0.05) is 0 Å². The van der Waals surface area contributed by atoms with Crippen molar-refractivity contribution in [2.75, 3.05) is 39.9 Å². The predicted octanol–water partition coefficient (Wildman–Crippen LogP) is 3.26. The van der Waals surface area contributed by atoms with Gasteiger partial charge in [-0.3, -0.25) is 4.99 Å². The molecule has 1 unspecified atom stereocenters. The average molecular weight is 492 g/mol. The monoisotopic (exact) mass is 492 g/mol. The molecule has 0 bridgehead atoms. The normalized spacial score (nSPS) is 18.4. The van der Waals surface area contributed by atoms with Crippen LogP contribution in [0.2, 0.25) is 0 Å². The zero-order valence-corrected chi connectivity index (χ0v) is 17.5. The van der Waals surface area contributed by atoms with Gasteiger partial charge in [-0.2, -0.15) is 13.2 Å². The van der Waals surface area contributed by atoms with Crippen molar-refractivity contribution in [3.63, 3.8) is 0 Å². The number of alkyl halides is 3. The number of hydrogen-bond acceptors (Lipinski definition) is 4. The first-order valence-corrected chi connectivity index (χ1v) is 8.87. The van der Waals surface area contributed by atoms with Crippen LogP contribution in [0, 0.1) is 5.92 Å². The molecule has 1 aromatic heterocycles. The van der Waals surface area contributed by atoms with Crippen molar-refractivity contribution >= 4 is 41.3 Å². The molecule has 1 aliphatic heterocycles. The van der Waals surface area contributed by atoms with Crippen molar-refractivity contribution in [2.45, 2.75) is 25.9 Å². The highest BCUT2D eigenvalue weighted by atomic mass is 127. The largest absolute Gasteiger partial charge is 0.434 e.